The molecule has 4 N–H and O–H groups in total. The van der Waals surface area contributed by atoms with Gasteiger partial charge < -0.3 is 20.9 Å². The number of aromatic amines is 1. The zero-order chi connectivity index (χ0) is 19.5. The van der Waals surface area contributed by atoms with Crippen molar-refractivity contribution in [2.24, 2.45) is 5.73 Å². The summed E-state index contributed by atoms with van der Waals surface area (Å²) in [6, 6.07) is 9.56. The predicted molar refractivity (Wildman–Crippen MR) is 113 cm³/mol. The van der Waals surface area contributed by atoms with Crippen LogP contribution in [0.5, 0.6) is 0 Å². The summed E-state index contributed by atoms with van der Waals surface area (Å²) >= 11 is 1.54. The highest BCUT2D eigenvalue weighted by atomic mass is 32.2. The number of nitrogens with one attached hydrogen (secondary N) is 2. The first-order valence-electron chi connectivity index (χ1n) is 9.13. The van der Waals surface area contributed by atoms with Crippen LogP contribution < -0.4 is 16.0 Å². The van der Waals surface area contributed by atoms with Crippen LogP contribution in [-0.2, 0) is 4.79 Å². The van der Waals surface area contributed by atoms with Gasteiger partial charge in [-0.3, -0.25) is 4.79 Å². The molecule has 7 nitrogen and oxygen atoms in total. The summed E-state index contributed by atoms with van der Waals surface area (Å²) in [7, 11) is 0. The number of nitrogens with two attached hydrogens (primary N) is 1. The third-order valence-corrected chi connectivity index (χ3v) is 5.74. The summed E-state index contributed by atoms with van der Waals surface area (Å²) in [5.74, 6) is 1.49. The first kappa shape index (κ1) is 18.5. The van der Waals surface area contributed by atoms with Gasteiger partial charge in [-0.1, -0.05) is 30.3 Å². The lowest BCUT2D eigenvalue weighted by atomic mass is 10.1. The Labute approximate surface area is 167 Å². The maximum atomic E-state index is 12.9. The minimum Gasteiger partial charge on any atom is -0.346 e. The van der Waals surface area contributed by atoms with Gasteiger partial charge in [0.15, 0.2) is 0 Å². The highest BCUT2D eigenvalue weighted by molar-refractivity contribution is 8.04. The molecule has 0 fully saturated rings. The number of hydrogen-bond acceptors (Lipinski definition) is 6. The Morgan fingerprint density at radius 1 is 1.36 bits per heavy atom. The molecule has 1 aliphatic rings. The van der Waals surface area contributed by atoms with E-state index in [0.717, 1.165) is 40.3 Å². The standard InChI is InChI=1S/C20H22N6OS/c1-13-10-22-18-17(13)19(24-12-23-18)26-7-8-28-16(11-26)20(27)25-15(9-21)14-5-3-2-4-6-14/h2-6,10-12,15H,7-9,21H2,1H3,(H,25,27)(H,22,23,24)/t15-/m0/s1. The van der Waals surface area contributed by atoms with Crippen LogP contribution in [0.15, 0.2) is 54.0 Å². The van der Waals surface area contributed by atoms with Crippen LogP contribution >= 0.6 is 11.8 Å². The summed E-state index contributed by atoms with van der Waals surface area (Å²) in [6.45, 7) is 3.14. The second-order valence-corrected chi connectivity index (χ2v) is 7.74. The van der Waals surface area contributed by atoms with Crippen LogP contribution in [0.1, 0.15) is 17.2 Å². The van der Waals surface area contributed by atoms with Crippen LogP contribution in [-0.4, -0.2) is 39.7 Å². The molecule has 0 saturated heterocycles. The van der Waals surface area contributed by atoms with Gasteiger partial charge in [0.25, 0.3) is 5.91 Å². The van der Waals surface area contributed by atoms with Gasteiger partial charge in [-0.2, -0.15) is 0 Å². The number of anilines is 1. The van der Waals surface area contributed by atoms with Gasteiger partial charge in [0.2, 0.25) is 0 Å². The Morgan fingerprint density at radius 2 is 2.18 bits per heavy atom. The summed E-state index contributed by atoms with van der Waals surface area (Å²) in [5, 5.41) is 4.03. The molecule has 0 radical (unpaired) electrons. The van der Waals surface area contributed by atoms with Crippen LogP contribution in [0.25, 0.3) is 11.0 Å². The van der Waals surface area contributed by atoms with E-state index in [1.165, 1.54) is 0 Å². The number of benzene rings is 1. The van der Waals surface area contributed by atoms with E-state index in [9.17, 15) is 4.79 Å². The molecule has 1 amide bonds. The molecule has 4 rings (SSSR count). The van der Waals surface area contributed by atoms with E-state index in [1.807, 2.05) is 54.6 Å². The molecular formula is C20H22N6OS. The molecule has 1 aliphatic heterocycles. The fourth-order valence-corrected chi connectivity index (χ4v) is 4.20. The summed E-state index contributed by atoms with van der Waals surface area (Å²) in [6.07, 6.45) is 5.34. The molecule has 0 aliphatic carbocycles. The third-order valence-electron chi connectivity index (χ3n) is 4.75. The van der Waals surface area contributed by atoms with E-state index in [2.05, 4.69) is 20.3 Å². The van der Waals surface area contributed by atoms with Crippen molar-refractivity contribution >= 4 is 34.5 Å². The molecule has 0 bridgehead atoms. The van der Waals surface area contributed by atoms with Gasteiger partial charge >= 0.3 is 0 Å². The highest BCUT2D eigenvalue weighted by Crippen LogP contribution is 2.31. The molecule has 0 saturated carbocycles. The first-order valence-corrected chi connectivity index (χ1v) is 10.1. The lowest BCUT2D eigenvalue weighted by Crippen LogP contribution is -2.36. The molecule has 8 heteroatoms. The molecule has 0 spiro atoms. The molecular weight excluding hydrogens is 372 g/mol. The van der Waals surface area contributed by atoms with Gasteiger partial charge in [0.1, 0.15) is 17.8 Å². The van der Waals surface area contributed by atoms with Gasteiger partial charge in [-0.05, 0) is 18.1 Å². The molecule has 1 atom stereocenters. The van der Waals surface area contributed by atoms with Crippen molar-refractivity contribution in [3.05, 3.63) is 65.1 Å². The number of hydrogen-bond donors (Lipinski definition) is 3. The van der Waals surface area contributed by atoms with E-state index < -0.39 is 0 Å². The molecule has 3 heterocycles. The SMILES string of the molecule is Cc1c[nH]c2ncnc(N3C=C(C(=O)N[C@@H](CN)c4ccccc4)SCC3)c12. The average molecular weight is 395 g/mol. The summed E-state index contributed by atoms with van der Waals surface area (Å²) in [4.78, 5) is 27.5. The number of amides is 1. The van der Waals surface area contributed by atoms with Gasteiger partial charge in [0.05, 0.1) is 16.3 Å². The number of aromatic nitrogens is 3. The molecule has 2 aromatic heterocycles. The smallest absolute Gasteiger partial charge is 0.259 e. The van der Waals surface area contributed by atoms with Gasteiger partial charge in [0, 0.05) is 31.2 Å². The molecule has 1 aromatic carbocycles. The molecule has 3 aromatic rings. The largest absolute Gasteiger partial charge is 0.346 e. The molecule has 144 valence electrons. The van der Waals surface area contributed by atoms with Crippen LogP contribution in [0.4, 0.5) is 5.82 Å². The normalized spacial score (nSPS) is 15.4. The zero-order valence-electron chi connectivity index (χ0n) is 15.6. The average Bonchev–Trinajstić information content (AvgIpc) is 3.13. The number of rotatable bonds is 5. The Kier molecular flexibility index (Phi) is 5.31. The predicted octanol–water partition coefficient (Wildman–Crippen LogP) is 2.48. The number of carbonyl (C=O) groups excluding carboxylic acids is 1. The maximum absolute atomic E-state index is 12.9. The zero-order valence-corrected chi connectivity index (χ0v) is 16.4. The number of aryl methyl sites for hydroxylation is 1. The number of nitrogens with zero attached hydrogens (tertiary/aromatic N) is 3. The topological polar surface area (TPSA) is 99.9 Å². The summed E-state index contributed by atoms with van der Waals surface area (Å²) in [5.41, 5.74) is 8.77. The van der Waals surface area contributed by atoms with Crippen LogP contribution in [0.3, 0.4) is 0 Å². The number of carbonyl (C=O) groups is 1. The van der Waals surface area contributed by atoms with Gasteiger partial charge in [-0.15, -0.1) is 11.8 Å². The van der Waals surface area contributed by atoms with E-state index in [0.29, 0.717) is 11.4 Å². The van der Waals surface area contributed by atoms with Crippen molar-refractivity contribution in [3.8, 4) is 0 Å². The summed E-state index contributed by atoms with van der Waals surface area (Å²) < 4.78 is 0. The quantitative estimate of drug-likeness (QED) is 0.615. The van der Waals surface area contributed by atoms with E-state index >= 15 is 0 Å². The van der Waals surface area contributed by atoms with Crippen molar-refractivity contribution in [2.45, 2.75) is 13.0 Å². The Hall–Kier alpha value is -2.84. The Morgan fingerprint density at radius 3 is 2.96 bits per heavy atom. The van der Waals surface area contributed by atoms with Crippen molar-refractivity contribution < 1.29 is 4.79 Å². The van der Waals surface area contributed by atoms with Crippen molar-refractivity contribution in [1.82, 2.24) is 20.3 Å². The molecule has 0 unspecified atom stereocenters. The number of thioether (sulfide) groups is 1. The van der Waals surface area contributed by atoms with E-state index in [-0.39, 0.29) is 11.9 Å². The van der Waals surface area contributed by atoms with Crippen molar-refractivity contribution in [1.29, 1.82) is 0 Å². The fourth-order valence-electron chi connectivity index (χ4n) is 3.30. The third kappa shape index (κ3) is 3.61. The molecule has 28 heavy (non-hydrogen) atoms. The fraction of sp³-hybridized carbons (Fsp3) is 0.250. The monoisotopic (exact) mass is 394 g/mol. The number of fused-ring (bicyclic) bond motifs is 1. The van der Waals surface area contributed by atoms with Crippen molar-refractivity contribution in [2.75, 3.05) is 23.7 Å². The van der Waals surface area contributed by atoms with Gasteiger partial charge in [-0.25, -0.2) is 9.97 Å². The van der Waals surface area contributed by atoms with Crippen molar-refractivity contribution in [3.63, 3.8) is 0 Å². The lowest BCUT2D eigenvalue weighted by molar-refractivity contribution is -0.117. The second kappa shape index (κ2) is 8.04. The minimum atomic E-state index is -0.219. The first-order chi connectivity index (χ1) is 13.7. The minimum absolute atomic E-state index is 0.120. The van der Waals surface area contributed by atoms with Crippen LogP contribution in [0.2, 0.25) is 0 Å². The van der Waals surface area contributed by atoms with E-state index in [4.69, 9.17) is 5.73 Å². The Balaban J connectivity index is 1.58. The lowest BCUT2D eigenvalue weighted by Gasteiger charge is -2.26. The second-order valence-electron chi connectivity index (χ2n) is 6.60. The van der Waals surface area contributed by atoms with E-state index in [1.54, 1.807) is 18.1 Å². The number of H-pyrrole nitrogens is 1. The highest BCUT2D eigenvalue weighted by Gasteiger charge is 2.23. The Bertz CT molecular complexity index is 1020. The maximum Gasteiger partial charge on any atom is 0.259 e. The van der Waals surface area contributed by atoms with Crippen LogP contribution in [0, 0.1) is 6.92 Å².